The Balaban J connectivity index is 1.99. The van der Waals surface area contributed by atoms with E-state index in [0.29, 0.717) is 19.4 Å². The van der Waals surface area contributed by atoms with Gasteiger partial charge in [-0.15, -0.1) is 0 Å². The van der Waals surface area contributed by atoms with E-state index in [1.54, 1.807) is 7.11 Å². The fraction of sp³-hybridized carbons (Fsp3) is 0.381. The minimum atomic E-state index is 0.0363. The Hall–Kier alpha value is -2.29. The van der Waals surface area contributed by atoms with Gasteiger partial charge in [0.2, 0.25) is 0 Å². The molecule has 3 nitrogen and oxygen atoms in total. The van der Waals surface area contributed by atoms with Gasteiger partial charge in [0, 0.05) is 24.3 Å². The van der Waals surface area contributed by atoms with E-state index in [2.05, 4.69) is 19.1 Å². The Morgan fingerprint density at radius 2 is 1.96 bits per heavy atom. The topological polar surface area (TPSA) is 35.5 Å². The third-order valence-electron chi connectivity index (χ3n) is 4.60. The summed E-state index contributed by atoms with van der Waals surface area (Å²) >= 11 is 0. The number of carbonyl (C=O) groups excluding carboxylic acids is 1. The van der Waals surface area contributed by atoms with Gasteiger partial charge >= 0.3 is 0 Å². The highest BCUT2D eigenvalue weighted by molar-refractivity contribution is 5.85. The van der Waals surface area contributed by atoms with Crippen molar-refractivity contribution in [3.63, 3.8) is 0 Å². The monoisotopic (exact) mass is 324 g/mol. The number of hydrogen-bond donors (Lipinski definition) is 0. The third kappa shape index (κ3) is 3.45. The number of unbranched alkanes of at least 4 members (excludes halogenated alkanes) is 1. The van der Waals surface area contributed by atoms with Gasteiger partial charge in [-0.25, -0.2) is 0 Å². The molecule has 126 valence electrons. The standard InChI is InChI=1S/C21H24O3/c1-3-4-11-24-21-8-6-5-7-18(21)20-13-16(22)12-15-9-10-17(23-2)14-19(15)20/h5-10,14,20H,3-4,11-13H2,1-2H3. The van der Waals surface area contributed by atoms with Crippen LogP contribution in [0.5, 0.6) is 11.5 Å². The van der Waals surface area contributed by atoms with E-state index in [-0.39, 0.29) is 11.7 Å². The maximum absolute atomic E-state index is 12.3. The number of ketones is 1. The largest absolute Gasteiger partial charge is 0.497 e. The van der Waals surface area contributed by atoms with E-state index in [1.807, 2.05) is 30.3 Å². The lowest BCUT2D eigenvalue weighted by Crippen LogP contribution is -2.20. The van der Waals surface area contributed by atoms with Crippen molar-refractivity contribution in [1.82, 2.24) is 0 Å². The van der Waals surface area contributed by atoms with Crippen molar-refractivity contribution >= 4 is 5.78 Å². The molecule has 0 N–H and O–H groups in total. The summed E-state index contributed by atoms with van der Waals surface area (Å²) in [6, 6.07) is 14.1. The van der Waals surface area contributed by atoms with Crippen molar-refractivity contribution in [3.8, 4) is 11.5 Å². The van der Waals surface area contributed by atoms with E-state index in [0.717, 1.165) is 35.5 Å². The molecule has 2 aromatic carbocycles. The number of ether oxygens (including phenoxy) is 2. The summed E-state index contributed by atoms with van der Waals surface area (Å²) < 4.78 is 11.4. The average molecular weight is 324 g/mol. The van der Waals surface area contributed by atoms with Crippen LogP contribution >= 0.6 is 0 Å². The van der Waals surface area contributed by atoms with Gasteiger partial charge in [-0.3, -0.25) is 4.79 Å². The van der Waals surface area contributed by atoms with Crippen molar-refractivity contribution in [1.29, 1.82) is 0 Å². The average Bonchev–Trinajstić information content (AvgIpc) is 2.61. The van der Waals surface area contributed by atoms with Gasteiger partial charge < -0.3 is 9.47 Å². The van der Waals surface area contributed by atoms with Crippen molar-refractivity contribution in [3.05, 3.63) is 59.2 Å². The SMILES string of the molecule is CCCCOc1ccccc1C1CC(=O)Cc2ccc(OC)cc21. The quantitative estimate of drug-likeness (QED) is 0.733. The first-order chi connectivity index (χ1) is 11.7. The first kappa shape index (κ1) is 16.6. The smallest absolute Gasteiger partial charge is 0.138 e. The molecular weight excluding hydrogens is 300 g/mol. The van der Waals surface area contributed by atoms with Gasteiger partial charge in [0.25, 0.3) is 0 Å². The maximum Gasteiger partial charge on any atom is 0.138 e. The molecule has 0 heterocycles. The second-order valence-corrected chi connectivity index (χ2v) is 6.28. The Labute approximate surface area is 143 Å². The summed E-state index contributed by atoms with van der Waals surface area (Å²) in [6.45, 7) is 2.86. The molecule has 0 fully saturated rings. The number of fused-ring (bicyclic) bond motifs is 1. The zero-order valence-corrected chi connectivity index (χ0v) is 14.4. The lowest BCUT2D eigenvalue weighted by Gasteiger charge is -2.27. The molecule has 1 atom stereocenters. The lowest BCUT2D eigenvalue weighted by atomic mass is 9.78. The van der Waals surface area contributed by atoms with Crippen molar-refractivity contribution in [2.24, 2.45) is 0 Å². The Morgan fingerprint density at radius 1 is 1.12 bits per heavy atom. The number of rotatable bonds is 6. The number of carbonyl (C=O) groups is 1. The molecule has 1 aliphatic carbocycles. The number of benzene rings is 2. The molecule has 2 aromatic rings. The molecule has 0 aliphatic heterocycles. The van der Waals surface area contributed by atoms with Crippen LogP contribution in [0.1, 0.15) is 48.8 Å². The van der Waals surface area contributed by atoms with Gasteiger partial charge in [0.1, 0.15) is 17.3 Å². The van der Waals surface area contributed by atoms with Crippen LogP contribution in [0.2, 0.25) is 0 Å². The van der Waals surface area contributed by atoms with Gasteiger partial charge in [-0.05, 0) is 35.7 Å². The summed E-state index contributed by atoms with van der Waals surface area (Å²) in [5.41, 5.74) is 3.37. The van der Waals surface area contributed by atoms with Crippen molar-refractivity contribution in [2.75, 3.05) is 13.7 Å². The lowest BCUT2D eigenvalue weighted by molar-refractivity contribution is -0.119. The van der Waals surface area contributed by atoms with Gasteiger partial charge in [0.15, 0.2) is 0 Å². The zero-order valence-electron chi connectivity index (χ0n) is 14.4. The molecule has 0 spiro atoms. The van der Waals surface area contributed by atoms with E-state index in [1.165, 1.54) is 5.56 Å². The summed E-state index contributed by atoms with van der Waals surface area (Å²) in [6.07, 6.45) is 3.16. The van der Waals surface area contributed by atoms with Crippen LogP contribution in [-0.2, 0) is 11.2 Å². The fourth-order valence-electron chi connectivity index (χ4n) is 3.31. The van der Waals surface area contributed by atoms with Crippen LogP contribution in [0, 0.1) is 0 Å². The maximum atomic E-state index is 12.3. The second-order valence-electron chi connectivity index (χ2n) is 6.28. The molecule has 0 radical (unpaired) electrons. The van der Waals surface area contributed by atoms with Crippen LogP contribution in [0.3, 0.4) is 0 Å². The predicted molar refractivity (Wildman–Crippen MR) is 95.0 cm³/mol. The predicted octanol–water partition coefficient (Wildman–Crippen LogP) is 4.52. The van der Waals surface area contributed by atoms with Gasteiger partial charge in [0.05, 0.1) is 13.7 Å². The number of methoxy groups -OCH3 is 1. The van der Waals surface area contributed by atoms with E-state index in [9.17, 15) is 4.79 Å². The van der Waals surface area contributed by atoms with E-state index < -0.39 is 0 Å². The highest BCUT2D eigenvalue weighted by Gasteiger charge is 2.29. The molecule has 0 bridgehead atoms. The van der Waals surface area contributed by atoms with Crippen LogP contribution in [0.25, 0.3) is 0 Å². The molecule has 3 rings (SSSR count). The van der Waals surface area contributed by atoms with Crippen LogP contribution in [-0.4, -0.2) is 19.5 Å². The number of para-hydroxylation sites is 1. The number of Topliss-reactive ketones (excluding diaryl/α,β-unsaturated/α-hetero) is 1. The summed E-state index contributed by atoms with van der Waals surface area (Å²) in [4.78, 5) is 12.3. The van der Waals surface area contributed by atoms with Gasteiger partial charge in [-0.1, -0.05) is 37.6 Å². The highest BCUT2D eigenvalue weighted by atomic mass is 16.5. The molecule has 1 unspecified atom stereocenters. The minimum Gasteiger partial charge on any atom is -0.497 e. The second kappa shape index (κ2) is 7.52. The van der Waals surface area contributed by atoms with Crippen LogP contribution in [0.4, 0.5) is 0 Å². The Bertz CT molecular complexity index is 721. The number of hydrogen-bond acceptors (Lipinski definition) is 3. The highest BCUT2D eigenvalue weighted by Crippen LogP contribution is 2.40. The van der Waals surface area contributed by atoms with E-state index in [4.69, 9.17) is 9.47 Å². The summed E-state index contributed by atoms with van der Waals surface area (Å²) in [5.74, 6) is 2.03. The molecule has 24 heavy (non-hydrogen) atoms. The molecule has 3 heteroatoms. The molecule has 0 aromatic heterocycles. The first-order valence-corrected chi connectivity index (χ1v) is 8.63. The zero-order chi connectivity index (χ0) is 16.9. The van der Waals surface area contributed by atoms with Crippen molar-refractivity contribution < 1.29 is 14.3 Å². The van der Waals surface area contributed by atoms with Crippen molar-refractivity contribution in [2.45, 2.75) is 38.5 Å². The summed E-state index contributed by atoms with van der Waals surface area (Å²) in [7, 11) is 1.67. The molecule has 1 aliphatic rings. The minimum absolute atomic E-state index is 0.0363. The Morgan fingerprint density at radius 3 is 2.75 bits per heavy atom. The Kier molecular flexibility index (Phi) is 5.19. The van der Waals surface area contributed by atoms with Crippen LogP contribution < -0.4 is 9.47 Å². The molecular formula is C21H24O3. The van der Waals surface area contributed by atoms with E-state index >= 15 is 0 Å². The summed E-state index contributed by atoms with van der Waals surface area (Å²) in [5, 5.41) is 0. The molecule has 0 saturated heterocycles. The normalized spacial score (nSPS) is 16.6. The van der Waals surface area contributed by atoms with Gasteiger partial charge in [-0.2, -0.15) is 0 Å². The fourth-order valence-corrected chi connectivity index (χ4v) is 3.31. The van der Waals surface area contributed by atoms with Crippen LogP contribution in [0.15, 0.2) is 42.5 Å². The third-order valence-corrected chi connectivity index (χ3v) is 4.60. The molecule has 0 saturated carbocycles. The molecule has 0 amide bonds. The first-order valence-electron chi connectivity index (χ1n) is 8.63.